The number of anilines is 3. The van der Waals surface area contributed by atoms with E-state index in [1.165, 1.54) is 0 Å². The van der Waals surface area contributed by atoms with Crippen LogP contribution in [0.1, 0.15) is 99.6 Å². The Morgan fingerprint density at radius 2 is 1.27 bits per heavy atom. The van der Waals surface area contributed by atoms with Gasteiger partial charge in [0.2, 0.25) is 0 Å². The summed E-state index contributed by atoms with van der Waals surface area (Å²) in [7, 11) is -2.33. The molecule has 0 spiro atoms. The quantitative estimate of drug-likeness (QED) is 0.114. The van der Waals surface area contributed by atoms with Gasteiger partial charge < -0.3 is 29.4 Å². The van der Waals surface area contributed by atoms with Crippen molar-refractivity contribution >= 4 is 54.8 Å². The molecule has 6 rings (SSSR count). The van der Waals surface area contributed by atoms with Gasteiger partial charge in [-0.3, -0.25) is 9.59 Å². The number of carboxylic acid groups (broad SMARTS) is 1. The van der Waals surface area contributed by atoms with Crippen molar-refractivity contribution in [2.75, 3.05) is 41.3 Å². The van der Waals surface area contributed by atoms with Crippen molar-refractivity contribution < 1.29 is 28.7 Å². The summed E-state index contributed by atoms with van der Waals surface area (Å²) in [6.07, 6.45) is 2.73. The molecule has 11 heteroatoms. The molecule has 2 aliphatic rings. The van der Waals surface area contributed by atoms with E-state index in [9.17, 15) is 19.5 Å². The van der Waals surface area contributed by atoms with Crippen molar-refractivity contribution in [3.63, 3.8) is 0 Å². The molecule has 59 heavy (non-hydrogen) atoms. The van der Waals surface area contributed by atoms with Gasteiger partial charge in [-0.05, 0) is 160 Å². The van der Waals surface area contributed by atoms with E-state index in [-0.39, 0.29) is 34.9 Å². The van der Waals surface area contributed by atoms with Crippen LogP contribution in [0.3, 0.4) is 0 Å². The van der Waals surface area contributed by atoms with E-state index >= 15 is 0 Å². The summed E-state index contributed by atoms with van der Waals surface area (Å²) in [6, 6.07) is 29.3. The van der Waals surface area contributed by atoms with Gasteiger partial charge in [-0.2, -0.15) is 0 Å². The number of hydrogen-bond donors (Lipinski definition) is 2. The summed E-state index contributed by atoms with van der Waals surface area (Å²) in [5.74, 6) is -1.38. The van der Waals surface area contributed by atoms with E-state index in [1.807, 2.05) is 112 Å². The number of hydrogen-bond acceptors (Lipinski definition) is 7. The van der Waals surface area contributed by atoms with Crippen LogP contribution in [0, 0.1) is 11.8 Å². The fraction of sp³-hybridized carbons (Fsp3) is 0.438. The number of carbonyl (C=O) groups is 3. The molecular weight excluding hydrogens is 778 g/mol. The Bertz CT molecular complexity index is 2090. The normalized spacial score (nSPS) is 16.4. The molecule has 1 amide bonds. The van der Waals surface area contributed by atoms with Crippen LogP contribution in [-0.2, 0) is 14.0 Å². The molecule has 0 saturated carbocycles. The lowest BCUT2D eigenvalue weighted by molar-refractivity contribution is -0.142. The number of ether oxygens (including phenoxy) is 1. The van der Waals surface area contributed by atoms with Crippen molar-refractivity contribution in [1.29, 1.82) is 0 Å². The topological polar surface area (TPSA) is 108 Å². The number of nitrogens with zero attached hydrogens (tertiary/aromatic N) is 2. The van der Waals surface area contributed by atoms with E-state index in [4.69, 9.17) is 20.8 Å². The van der Waals surface area contributed by atoms with Crippen LogP contribution in [0.25, 0.3) is 11.1 Å². The molecular formula is C48H60ClN3O6Si. The van der Waals surface area contributed by atoms with Crippen molar-refractivity contribution in [3.05, 3.63) is 113 Å². The second-order valence-electron chi connectivity index (χ2n) is 18.6. The molecule has 2 saturated heterocycles. The molecule has 2 heterocycles. The Labute approximate surface area is 356 Å². The maximum absolute atomic E-state index is 14.1. The molecule has 1 unspecified atom stereocenters. The van der Waals surface area contributed by atoms with E-state index in [2.05, 4.69) is 49.0 Å². The first kappa shape index (κ1) is 43.9. The van der Waals surface area contributed by atoms with E-state index < -0.39 is 19.9 Å². The smallest absolute Gasteiger partial charge is 0.338 e. The van der Waals surface area contributed by atoms with Crippen molar-refractivity contribution in [3.8, 4) is 11.1 Å². The minimum absolute atomic E-state index is 0.0460. The van der Waals surface area contributed by atoms with Crippen LogP contribution in [-0.4, -0.2) is 63.0 Å². The highest BCUT2D eigenvalue weighted by atomic mass is 35.5. The summed E-state index contributed by atoms with van der Waals surface area (Å²) < 4.78 is 13.0. The highest BCUT2D eigenvalue weighted by Gasteiger charge is 2.42. The summed E-state index contributed by atoms with van der Waals surface area (Å²) in [5, 5.41) is 13.1. The summed E-state index contributed by atoms with van der Waals surface area (Å²) in [4.78, 5) is 42.7. The Morgan fingerprint density at radius 1 is 0.746 bits per heavy atom. The van der Waals surface area contributed by atoms with Gasteiger partial charge in [-0.15, -0.1) is 0 Å². The van der Waals surface area contributed by atoms with Crippen molar-refractivity contribution in [1.82, 2.24) is 0 Å². The highest BCUT2D eigenvalue weighted by molar-refractivity contribution is 6.74. The minimum atomic E-state index is -2.33. The van der Waals surface area contributed by atoms with Crippen molar-refractivity contribution in [2.45, 2.75) is 97.1 Å². The molecule has 0 aromatic heterocycles. The average Bonchev–Trinajstić information content (AvgIpc) is 3.19. The van der Waals surface area contributed by atoms with E-state index in [0.29, 0.717) is 47.8 Å². The molecule has 2 aliphatic heterocycles. The van der Waals surface area contributed by atoms with Crippen LogP contribution in [0.4, 0.5) is 17.1 Å². The second kappa shape index (κ2) is 17.9. The molecule has 2 N–H and O–H groups in total. The number of aliphatic carboxylic acids is 1. The maximum Gasteiger partial charge on any atom is 0.338 e. The third-order valence-corrected chi connectivity index (χ3v) is 16.9. The maximum atomic E-state index is 14.1. The fourth-order valence-electron chi connectivity index (χ4n) is 7.69. The van der Waals surface area contributed by atoms with Gasteiger partial charge in [0.15, 0.2) is 8.32 Å². The van der Waals surface area contributed by atoms with Gasteiger partial charge in [0, 0.05) is 53.8 Å². The lowest BCUT2D eigenvalue weighted by atomic mass is 9.83. The SMILES string of the molecule is CC(C)(C)OC(=O)c1ccc(N2CCC(C(O[Si](C)(C)C(C)(C)C)c3cc(C(=O)Nc4ccc(N5CCC(C(=O)O)CC5)cc4)ccc3-c3ccc(Cl)cc3)CC2)cc1. The monoisotopic (exact) mass is 837 g/mol. The number of carbonyl (C=O) groups excluding carboxylic acids is 2. The number of carboxylic acids is 1. The van der Waals surface area contributed by atoms with Crippen LogP contribution in [0.5, 0.6) is 0 Å². The summed E-state index contributed by atoms with van der Waals surface area (Å²) in [5.41, 5.74) is 6.28. The standard InChI is InChI=1S/C48H60ClN3O6Si/c1-47(2,3)57-46(56)35-11-18-39(19-12-35)51-27-23-33(24-28-51)43(58-59(7,8)48(4,5)6)42-31-36(13-22-41(42)32-9-14-37(49)15-10-32)44(53)50-38-16-20-40(21-17-38)52-29-25-34(26-30-52)45(54)55/h9-22,31,33-34,43H,23-30H2,1-8H3,(H,50,53)(H,54,55). The van der Waals surface area contributed by atoms with Gasteiger partial charge in [-0.1, -0.05) is 50.6 Å². The molecule has 0 radical (unpaired) electrons. The number of rotatable bonds is 11. The van der Waals surface area contributed by atoms with Gasteiger partial charge in [0.25, 0.3) is 5.91 Å². The molecule has 314 valence electrons. The van der Waals surface area contributed by atoms with Gasteiger partial charge in [0.1, 0.15) is 5.60 Å². The summed E-state index contributed by atoms with van der Waals surface area (Å²) in [6.45, 7) is 20.0. The molecule has 1 atom stereocenters. The number of amides is 1. The predicted molar refractivity (Wildman–Crippen MR) is 241 cm³/mol. The largest absolute Gasteiger partial charge is 0.481 e. The highest BCUT2D eigenvalue weighted by Crippen LogP contribution is 2.46. The molecule has 0 bridgehead atoms. The van der Waals surface area contributed by atoms with E-state index in [0.717, 1.165) is 54.0 Å². The van der Waals surface area contributed by atoms with Crippen LogP contribution >= 0.6 is 11.6 Å². The molecule has 0 aliphatic carbocycles. The zero-order valence-electron chi connectivity index (χ0n) is 35.8. The van der Waals surface area contributed by atoms with Gasteiger partial charge in [-0.25, -0.2) is 4.79 Å². The van der Waals surface area contributed by atoms with Crippen LogP contribution < -0.4 is 15.1 Å². The number of benzene rings is 4. The molecule has 4 aromatic carbocycles. The molecule has 4 aromatic rings. The number of piperidine rings is 2. The lowest BCUT2D eigenvalue weighted by Crippen LogP contribution is -2.45. The zero-order valence-corrected chi connectivity index (χ0v) is 37.6. The second-order valence-corrected chi connectivity index (χ2v) is 23.8. The Kier molecular flexibility index (Phi) is 13.3. The predicted octanol–water partition coefficient (Wildman–Crippen LogP) is 11.5. The van der Waals surface area contributed by atoms with Gasteiger partial charge in [0.05, 0.1) is 17.6 Å². The number of halogens is 1. The first-order valence-corrected chi connectivity index (χ1v) is 24.1. The van der Waals surface area contributed by atoms with Crippen LogP contribution in [0.2, 0.25) is 23.2 Å². The number of esters is 1. The van der Waals surface area contributed by atoms with Crippen LogP contribution in [0.15, 0.2) is 91.0 Å². The third-order valence-electron chi connectivity index (χ3n) is 12.2. The first-order chi connectivity index (χ1) is 27.8. The minimum Gasteiger partial charge on any atom is -0.481 e. The van der Waals surface area contributed by atoms with E-state index in [1.54, 1.807) is 0 Å². The third kappa shape index (κ3) is 11.0. The molecule has 9 nitrogen and oxygen atoms in total. The van der Waals surface area contributed by atoms with Crippen molar-refractivity contribution in [2.24, 2.45) is 11.8 Å². The fourth-order valence-corrected chi connectivity index (χ4v) is 9.12. The zero-order chi connectivity index (χ0) is 42.7. The number of nitrogens with one attached hydrogen (secondary N) is 1. The van der Waals surface area contributed by atoms with Gasteiger partial charge >= 0.3 is 11.9 Å². The molecule has 2 fully saturated rings. The lowest BCUT2D eigenvalue weighted by Gasteiger charge is -2.44. The summed E-state index contributed by atoms with van der Waals surface area (Å²) >= 11 is 6.37. The Balaban J connectivity index is 1.27. The average molecular weight is 839 g/mol. The Hall–Kier alpha value is -4.64. The first-order valence-electron chi connectivity index (χ1n) is 20.8. The Morgan fingerprint density at radius 3 is 1.80 bits per heavy atom.